The molecule has 0 radical (unpaired) electrons. The lowest BCUT2D eigenvalue weighted by Gasteiger charge is -2.29. The molecule has 0 aromatic carbocycles. The van der Waals surface area contributed by atoms with Gasteiger partial charge >= 0.3 is 0 Å². The summed E-state index contributed by atoms with van der Waals surface area (Å²) >= 11 is 0. The first-order chi connectivity index (χ1) is 9.05. The van der Waals surface area contributed by atoms with Crippen LogP contribution in [0.4, 0.5) is 5.69 Å². The molecule has 3 rings (SSSR count). The summed E-state index contributed by atoms with van der Waals surface area (Å²) in [6.07, 6.45) is 4.13. The van der Waals surface area contributed by atoms with Crippen molar-refractivity contribution in [1.82, 2.24) is 14.7 Å². The zero-order valence-electron chi connectivity index (χ0n) is 12.0. The Labute approximate surface area is 114 Å². The Kier molecular flexibility index (Phi) is 2.97. The number of nitrogens with one attached hydrogen (secondary N) is 1. The van der Waals surface area contributed by atoms with Crippen molar-refractivity contribution < 1.29 is 0 Å². The van der Waals surface area contributed by atoms with Crippen LogP contribution in [0, 0.1) is 0 Å². The maximum Gasteiger partial charge on any atom is 0.118 e. The van der Waals surface area contributed by atoms with Crippen LogP contribution in [0.15, 0.2) is 24.5 Å². The van der Waals surface area contributed by atoms with Crippen LogP contribution in [0.25, 0.3) is 5.52 Å². The summed E-state index contributed by atoms with van der Waals surface area (Å²) < 4.78 is 2.20. The molecule has 0 atom stereocenters. The Hall–Kier alpha value is -1.55. The molecular weight excluding hydrogens is 236 g/mol. The quantitative estimate of drug-likeness (QED) is 0.849. The Morgan fingerprint density at radius 2 is 1.95 bits per heavy atom. The van der Waals surface area contributed by atoms with Gasteiger partial charge in [0.05, 0.1) is 11.7 Å². The highest BCUT2D eigenvalue weighted by molar-refractivity contribution is 5.60. The van der Waals surface area contributed by atoms with Crippen molar-refractivity contribution in [2.75, 3.05) is 31.1 Å². The number of fused-ring (bicyclic) bond motifs is 1. The van der Waals surface area contributed by atoms with E-state index in [2.05, 4.69) is 58.7 Å². The van der Waals surface area contributed by atoms with Gasteiger partial charge in [0.2, 0.25) is 0 Å². The standard InChI is InChI=1S/C15H22N4/c1-15(2,3)14-17-11-13-10-12(4-7-19(13)14)18-8-5-16-6-9-18/h4,7,10-11,16H,5-6,8-9H2,1-3H3. The van der Waals surface area contributed by atoms with Gasteiger partial charge in [-0.15, -0.1) is 0 Å². The van der Waals surface area contributed by atoms with E-state index in [0.717, 1.165) is 32.0 Å². The molecule has 2 aromatic heterocycles. The van der Waals surface area contributed by atoms with Gasteiger partial charge in [0.1, 0.15) is 5.82 Å². The number of anilines is 1. The predicted octanol–water partition coefficient (Wildman–Crippen LogP) is 2.04. The molecule has 1 aliphatic rings. The average molecular weight is 258 g/mol. The van der Waals surface area contributed by atoms with E-state index < -0.39 is 0 Å². The number of hydrogen-bond acceptors (Lipinski definition) is 3. The first-order valence-electron chi connectivity index (χ1n) is 6.99. The highest BCUT2D eigenvalue weighted by Crippen LogP contribution is 2.24. The lowest BCUT2D eigenvalue weighted by atomic mass is 9.96. The molecule has 0 unspecified atom stereocenters. The monoisotopic (exact) mass is 258 g/mol. The Morgan fingerprint density at radius 1 is 1.21 bits per heavy atom. The van der Waals surface area contributed by atoms with Crippen LogP contribution in [0.1, 0.15) is 26.6 Å². The average Bonchev–Trinajstić information content (AvgIpc) is 2.82. The molecule has 4 nitrogen and oxygen atoms in total. The third kappa shape index (κ3) is 2.32. The number of hydrogen-bond donors (Lipinski definition) is 1. The van der Waals surface area contributed by atoms with Crippen LogP contribution in [0.5, 0.6) is 0 Å². The van der Waals surface area contributed by atoms with E-state index in [1.165, 1.54) is 11.2 Å². The fourth-order valence-electron chi connectivity index (χ4n) is 2.66. The molecule has 0 aliphatic carbocycles. The smallest absolute Gasteiger partial charge is 0.118 e. The molecule has 3 heterocycles. The first kappa shape index (κ1) is 12.5. The van der Waals surface area contributed by atoms with Gasteiger partial charge in [-0.25, -0.2) is 4.98 Å². The summed E-state index contributed by atoms with van der Waals surface area (Å²) in [5.74, 6) is 1.12. The van der Waals surface area contributed by atoms with E-state index in [4.69, 9.17) is 0 Å². The lowest BCUT2D eigenvalue weighted by Crippen LogP contribution is -2.43. The molecule has 4 heteroatoms. The van der Waals surface area contributed by atoms with Crippen LogP contribution in [-0.4, -0.2) is 35.6 Å². The zero-order valence-corrected chi connectivity index (χ0v) is 12.0. The van der Waals surface area contributed by atoms with E-state index in [1.54, 1.807) is 0 Å². The van der Waals surface area contributed by atoms with Crippen molar-refractivity contribution >= 4 is 11.2 Å². The SMILES string of the molecule is CC(C)(C)c1ncc2cc(N3CCNCC3)ccn12. The number of nitrogens with zero attached hydrogens (tertiary/aromatic N) is 3. The molecule has 0 bridgehead atoms. The van der Waals surface area contributed by atoms with Gasteiger partial charge in [-0.3, -0.25) is 0 Å². The number of pyridine rings is 1. The fraction of sp³-hybridized carbons (Fsp3) is 0.533. The van der Waals surface area contributed by atoms with Gasteiger partial charge in [0, 0.05) is 43.5 Å². The van der Waals surface area contributed by atoms with Crippen molar-refractivity contribution in [3.05, 3.63) is 30.4 Å². The number of rotatable bonds is 1. The molecule has 0 saturated carbocycles. The van der Waals surface area contributed by atoms with Gasteiger partial charge < -0.3 is 14.6 Å². The second kappa shape index (κ2) is 4.53. The fourth-order valence-corrected chi connectivity index (χ4v) is 2.66. The van der Waals surface area contributed by atoms with Gasteiger partial charge in [-0.2, -0.15) is 0 Å². The Morgan fingerprint density at radius 3 is 2.63 bits per heavy atom. The summed E-state index contributed by atoms with van der Waals surface area (Å²) in [6.45, 7) is 10.9. The Bertz CT molecular complexity index is 573. The second-order valence-corrected chi connectivity index (χ2v) is 6.25. The predicted molar refractivity (Wildman–Crippen MR) is 79.0 cm³/mol. The van der Waals surface area contributed by atoms with E-state index in [-0.39, 0.29) is 5.41 Å². The van der Waals surface area contributed by atoms with Gasteiger partial charge in [0.25, 0.3) is 0 Å². The van der Waals surface area contributed by atoms with Gasteiger partial charge in [0.15, 0.2) is 0 Å². The molecule has 19 heavy (non-hydrogen) atoms. The molecule has 0 amide bonds. The molecule has 0 spiro atoms. The minimum absolute atomic E-state index is 0.0724. The van der Waals surface area contributed by atoms with Crippen molar-refractivity contribution in [2.24, 2.45) is 0 Å². The highest BCUT2D eigenvalue weighted by Gasteiger charge is 2.20. The van der Waals surface area contributed by atoms with E-state index in [9.17, 15) is 0 Å². The number of aromatic nitrogens is 2. The number of imidazole rings is 1. The molecular formula is C15H22N4. The molecule has 1 saturated heterocycles. The van der Waals surface area contributed by atoms with Crippen LogP contribution < -0.4 is 10.2 Å². The normalized spacial score (nSPS) is 17.1. The van der Waals surface area contributed by atoms with Crippen molar-refractivity contribution in [1.29, 1.82) is 0 Å². The lowest BCUT2D eigenvalue weighted by molar-refractivity contribution is 0.543. The third-order valence-electron chi connectivity index (χ3n) is 3.67. The van der Waals surface area contributed by atoms with Crippen LogP contribution >= 0.6 is 0 Å². The van der Waals surface area contributed by atoms with Crippen molar-refractivity contribution in [3.63, 3.8) is 0 Å². The van der Waals surface area contributed by atoms with Gasteiger partial charge in [-0.05, 0) is 12.1 Å². The van der Waals surface area contributed by atoms with E-state index in [1.807, 2.05) is 6.20 Å². The van der Waals surface area contributed by atoms with Crippen LogP contribution in [0.3, 0.4) is 0 Å². The minimum Gasteiger partial charge on any atom is -0.369 e. The summed E-state index contributed by atoms with van der Waals surface area (Å²) in [5.41, 5.74) is 2.55. The minimum atomic E-state index is 0.0724. The van der Waals surface area contributed by atoms with E-state index >= 15 is 0 Å². The van der Waals surface area contributed by atoms with Crippen LogP contribution in [0.2, 0.25) is 0 Å². The molecule has 1 aliphatic heterocycles. The molecule has 2 aromatic rings. The summed E-state index contributed by atoms with van der Waals surface area (Å²) in [6, 6.07) is 4.45. The molecule has 102 valence electrons. The highest BCUT2D eigenvalue weighted by atomic mass is 15.2. The van der Waals surface area contributed by atoms with Crippen molar-refractivity contribution in [3.8, 4) is 0 Å². The van der Waals surface area contributed by atoms with Gasteiger partial charge in [-0.1, -0.05) is 20.8 Å². The van der Waals surface area contributed by atoms with Crippen LogP contribution in [-0.2, 0) is 5.41 Å². The maximum atomic E-state index is 4.58. The third-order valence-corrected chi connectivity index (χ3v) is 3.67. The molecule has 1 N–H and O–H groups in total. The topological polar surface area (TPSA) is 32.6 Å². The summed E-state index contributed by atoms with van der Waals surface area (Å²) in [7, 11) is 0. The largest absolute Gasteiger partial charge is 0.369 e. The maximum absolute atomic E-state index is 4.58. The van der Waals surface area contributed by atoms with E-state index in [0.29, 0.717) is 0 Å². The molecule has 1 fully saturated rings. The zero-order chi connectivity index (χ0) is 13.5. The first-order valence-corrected chi connectivity index (χ1v) is 6.99. The second-order valence-electron chi connectivity index (χ2n) is 6.25. The van der Waals surface area contributed by atoms with Crippen molar-refractivity contribution in [2.45, 2.75) is 26.2 Å². The summed E-state index contributed by atoms with van der Waals surface area (Å²) in [4.78, 5) is 7.02. The summed E-state index contributed by atoms with van der Waals surface area (Å²) in [5, 5.41) is 3.39. The Balaban J connectivity index is 1.98. The number of piperazine rings is 1.